The highest BCUT2D eigenvalue weighted by Gasteiger charge is 2.41. The van der Waals surface area contributed by atoms with Gasteiger partial charge in [0, 0.05) is 31.5 Å². The maximum atomic E-state index is 13.7. The lowest BCUT2D eigenvalue weighted by atomic mass is 9.94. The Morgan fingerprint density at radius 3 is 2.58 bits per heavy atom. The van der Waals surface area contributed by atoms with Gasteiger partial charge in [-0.05, 0) is 50.6 Å². The lowest BCUT2D eigenvalue weighted by molar-refractivity contribution is -0.131. The van der Waals surface area contributed by atoms with E-state index in [4.69, 9.17) is 0 Å². The van der Waals surface area contributed by atoms with Gasteiger partial charge in [0.1, 0.15) is 17.7 Å². The number of hydrogen-bond acceptors (Lipinski definition) is 6. The van der Waals surface area contributed by atoms with Crippen molar-refractivity contribution in [2.45, 2.75) is 56.8 Å². The number of nitrogens with one attached hydrogen (secondary N) is 3. The Bertz CT molecular complexity index is 864. The number of halogens is 2. The van der Waals surface area contributed by atoms with E-state index in [0.29, 0.717) is 19.5 Å². The third-order valence-electron chi connectivity index (χ3n) is 6.34. The van der Waals surface area contributed by atoms with Crippen molar-refractivity contribution in [3.05, 3.63) is 35.4 Å². The number of carbonyl (C=O) groups excluding carboxylic acids is 3. The predicted octanol–water partition coefficient (Wildman–Crippen LogP) is 0.131. The molecule has 2 aliphatic rings. The van der Waals surface area contributed by atoms with E-state index in [1.54, 1.807) is 0 Å². The van der Waals surface area contributed by atoms with E-state index in [1.807, 2.05) is 18.9 Å². The average Bonchev–Trinajstić information content (AvgIpc) is 3.14. The number of hydrogen-bond donors (Lipinski definition) is 4. The van der Waals surface area contributed by atoms with Crippen LogP contribution in [0, 0.1) is 17.6 Å². The van der Waals surface area contributed by atoms with E-state index in [-0.39, 0.29) is 30.2 Å². The predicted molar refractivity (Wildman–Crippen MR) is 117 cm³/mol. The molecule has 1 saturated carbocycles. The quantitative estimate of drug-likeness (QED) is 0.412. The minimum Gasteiger partial charge on any atom is -0.389 e. The van der Waals surface area contributed by atoms with Crippen molar-refractivity contribution < 1.29 is 28.3 Å². The van der Waals surface area contributed by atoms with Crippen LogP contribution in [-0.4, -0.2) is 78.5 Å². The van der Waals surface area contributed by atoms with E-state index in [1.165, 1.54) is 0 Å². The molecule has 8 nitrogen and oxygen atoms in total. The number of likely N-dealkylation sites (N-methyl/N-ethyl adjacent to an activating group) is 1. The number of aliphatic hydroxyl groups is 1. The van der Waals surface area contributed by atoms with Gasteiger partial charge in [-0.2, -0.15) is 0 Å². The molecule has 0 radical (unpaired) electrons. The van der Waals surface area contributed by atoms with Gasteiger partial charge in [0.05, 0.1) is 18.2 Å². The van der Waals surface area contributed by atoms with E-state index in [0.717, 1.165) is 31.2 Å². The fourth-order valence-electron chi connectivity index (χ4n) is 4.66. The molecule has 2 unspecified atom stereocenters. The Balaban J connectivity index is 1.76. The van der Waals surface area contributed by atoms with Crippen LogP contribution in [0.4, 0.5) is 8.78 Å². The van der Waals surface area contributed by atoms with Crippen LogP contribution in [0.25, 0.3) is 0 Å². The van der Waals surface area contributed by atoms with Gasteiger partial charge in [-0.25, -0.2) is 8.78 Å². The molecule has 4 N–H and O–H groups in total. The van der Waals surface area contributed by atoms with Crippen molar-refractivity contribution in [2.75, 3.05) is 26.7 Å². The highest BCUT2D eigenvalue weighted by atomic mass is 19.1. The van der Waals surface area contributed by atoms with Crippen LogP contribution in [0.15, 0.2) is 18.2 Å². The van der Waals surface area contributed by atoms with Crippen LogP contribution < -0.4 is 16.0 Å². The van der Waals surface area contributed by atoms with Gasteiger partial charge in [-0.15, -0.1) is 0 Å². The molecule has 33 heavy (non-hydrogen) atoms. The van der Waals surface area contributed by atoms with Crippen molar-refractivity contribution in [3.8, 4) is 0 Å². The van der Waals surface area contributed by atoms with Crippen LogP contribution in [0.2, 0.25) is 0 Å². The summed E-state index contributed by atoms with van der Waals surface area (Å²) in [6.45, 7) is 3.59. The average molecular weight is 467 g/mol. The highest BCUT2D eigenvalue weighted by Crippen LogP contribution is 2.27. The number of piperazine rings is 1. The lowest BCUT2D eigenvalue weighted by Crippen LogP contribution is -2.63. The van der Waals surface area contributed by atoms with E-state index >= 15 is 0 Å². The summed E-state index contributed by atoms with van der Waals surface area (Å²) < 4.78 is 27.4. The fourth-order valence-corrected chi connectivity index (χ4v) is 4.66. The van der Waals surface area contributed by atoms with Gasteiger partial charge in [-0.3, -0.25) is 19.3 Å². The Hall–Kier alpha value is -2.43. The molecule has 2 fully saturated rings. The normalized spacial score (nSPS) is 25.1. The molecule has 1 aromatic rings. The topological polar surface area (TPSA) is 111 Å². The Morgan fingerprint density at radius 1 is 1.24 bits per heavy atom. The number of benzene rings is 1. The fraction of sp³-hybridized carbons (Fsp3) is 0.609. The maximum Gasteiger partial charge on any atom is 0.239 e. The molecule has 1 aliphatic heterocycles. The molecule has 1 saturated heterocycles. The monoisotopic (exact) mass is 466 g/mol. The van der Waals surface area contributed by atoms with E-state index < -0.39 is 47.6 Å². The van der Waals surface area contributed by atoms with Crippen molar-refractivity contribution in [2.24, 2.45) is 5.92 Å². The Labute approximate surface area is 192 Å². The van der Waals surface area contributed by atoms with Gasteiger partial charge in [0.15, 0.2) is 5.78 Å². The number of carbonyl (C=O) groups is 3. The second-order valence-corrected chi connectivity index (χ2v) is 8.91. The summed E-state index contributed by atoms with van der Waals surface area (Å²) >= 11 is 0. The number of nitrogens with zero attached hydrogens (tertiary/aromatic N) is 1. The molecule has 182 valence electrons. The third kappa shape index (κ3) is 6.33. The first kappa shape index (κ1) is 25.2. The van der Waals surface area contributed by atoms with Gasteiger partial charge >= 0.3 is 0 Å². The number of aliphatic hydroxyl groups excluding tert-OH is 1. The van der Waals surface area contributed by atoms with Crippen LogP contribution in [0.1, 0.15) is 31.7 Å². The van der Waals surface area contributed by atoms with Gasteiger partial charge in [0.2, 0.25) is 11.8 Å². The maximum absolute atomic E-state index is 13.7. The molecule has 2 amide bonds. The zero-order valence-corrected chi connectivity index (χ0v) is 18.9. The number of rotatable bonds is 9. The molecule has 0 bridgehead atoms. The molecule has 5 atom stereocenters. The summed E-state index contributed by atoms with van der Waals surface area (Å²) in [7, 11) is 1.85. The number of ketones is 1. The second-order valence-electron chi connectivity index (χ2n) is 8.91. The van der Waals surface area contributed by atoms with Crippen LogP contribution in [0.5, 0.6) is 0 Å². The molecular formula is C23H32F2N4O4. The van der Waals surface area contributed by atoms with Crippen molar-refractivity contribution >= 4 is 17.6 Å². The summed E-state index contributed by atoms with van der Waals surface area (Å²) in [6, 6.07) is 0.655. The molecule has 1 heterocycles. The molecule has 1 aliphatic carbocycles. The van der Waals surface area contributed by atoms with E-state index in [2.05, 4.69) is 16.0 Å². The van der Waals surface area contributed by atoms with Crippen molar-refractivity contribution in [1.29, 1.82) is 0 Å². The summed E-state index contributed by atoms with van der Waals surface area (Å²) in [6.07, 6.45) is -0.111. The molecule has 0 aromatic heterocycles. The SMILES string of the molecule is CCCN(C)C1CC(C(=O)N[C@@H](Cc2cc(F)cc(F)c2)[C@H](O)[C@@H]2NCCNC2=O)CC1=O. The van der Waals surface area contributed by atoms with Gasteiger partial charge in [0.25, 0.3) is 0 Å². The zero-order valence-electron chi connectivity index (χ0n) is 18.9. The van der Waals surface area contributed by atoms with Gasteiger partial charge in [-0.1, -0.05) is 6.92 Å². The second kappa shape index (κ2) is 11.1. The largest absolute Gasteiger partial charge is 0.389 e. The molecule has 0 spiro atoms. The standard InChI is InChI=1S/C23H32F2N4O4/c1-3-6-29(2)18-10-14(11-19(18)30)22(32)28-17(9-13-7-15(24)12-16(25)8-13)21(31)20-23(33)27-5-4-26-20/h7-8,12,14,17-18,20-21,26,31H,3-6,9-11H2,1-2H3,(H,27,33)(H,28,32)/t14?,17-,18?,20-,21-/m0/s1. The Morgan fingerprint density at radius 2 is 1.94 bits per heavy atom. The first-order chi connectivity index (χ1) is 15.7. The van der Waals surface area contributed by atoms with Crippen molar-refractivity contribution in [3.63, 3.8) is 0 Å². The number of amides is 2. The summed E-state index contributed by atoms with van der Waals surface area (Å²) in [5.41, 5.74) is 0.233. The zero-order chi connectivity index (χ0) is 24.1. The first-order valence-corrected chi connectivity index (χ1v) is 11.4. The summed E-state index contributed by atoms with van der Waals surface area (Å²) in [4.78, 5) is 39.7. The first-order valence-electron chi connectivity index (χ1n) is 11.4. The van der Waals surface area contributed by atoms with Crippen molar-refractivity contribution in [1.82, 2.24) is 20.9 Å². The third-order valence-corrected chi connectivity index (χ3v) is 6.34. The van der Waals surface area contributed by atoms with E-state index in [9.17, 15) is 28.3 Å². The molecule has 10 heteroatoms. The minimum absolute atomic E-state index is 0.0104. The Kier molecular flexibility index (Phi) is 8.50. The minimum atomic E-state index is -1.35. The summed E-state index contributed by atoms with van der Waals surface area (Å²) in [5.74, 6) is -2.98. The molecular weight excluding hydrogens is 434 g/mol. The molecule has 1 aromatic carbocycles. The summed E-state index contributed by atoms with van der Waals surface area (Å²) in [5, 5.41) is 19.3. The molecule has 3 rings (SSSR count). The highest BCUT2D eigenvalue weighted by molar-refractivity contribution is 5.93. The lowest BCUT2D eigenvalue weighted by Gasteiger charge is -2.33. The van der Waals surface area contributed by atoms with Crippen LogP contribution in [-0.2, 0) is 20.8 Å². The smallest absolute Gasteiger partial charge is 0.239 e. The number of Topliss-reactive ketones (excluding diaryl/α,β-unsaturated/α-hetero) is 1. The van der Waals surface area contributed by atoms with Crippen LogP contribution in [0.3, 0.4) is 0 Å². The van der Waals surface area contributed by atoms with Crippen LogP contribution >= 0.6 is 0 Å². The van der Waals surface area contributed by atoms with Gasteiger partial charge < -0.3 is 21.1 Å².